The van der Waals surface area contributed by atoms with E-state index < -0.39 is 10.4 Å². The molecule has 0 heterocycles. The van der Waals surface area contributed by atoms with Gasteiger partial charge in [0.2, 0.25) is 0 Å². The van der Waals surface area contributed by atoms with E-state index in [4.69, 9.17) is 9.29 Å². The molecule has 0 unspecified atom stereocenters. The quantitative estimate of drug-likeness (QED) is 0.289. The Labute approximate surface area is 115 Å². The predicted molar refractivity (Wildman–Crippen MR) is 68.7 cm³/mol. The SMILES string of the molecule is COc1cc(SC#COOS(=O)(=O)O)ccc1C.O. The Bertz CT molecular complexity index is 571. The first-order valence-electron chi connectivity index (χ1n) is 4.56. The molecule has 0 atom stereocenters. The van der Waals surface area contributed by atoms with Gasteiger partial charge in [-0.1, -0.05) is 6.07 Å². The van der Waals surface area contributed by atoms with Gasteiger partial charge in [0.05, 0.1) is 7.11 Å². The smallest absolute Gasteiger partial charge is 0.433 e. The molecule has 0 spiro atoms. The van der Waals surface area contributed by atoms with Crippen LogP contribution in [0, 0.1) is 18.3 Å². The standard InChI is InChI=1S/C10H10O6S2.H2O/c1-8-3-4-9(7-10(8)14-2)17-6-5-15-16-18(11,12)13;/h3-4,7H,1-2H3,(H,11,12,13);1H2. The molecule has 1 aromatic rings. The van der Waals surface area contributed by atoms with Crippen molar-refractivity contribution in [1.82, 2.24) is 0 Å². The molecule has 0 saturated carbocycles. The Hall–Kier alpha value is -1.44. The van der Waals surface area contributed by atoms with Gasteiger partial charge in [-0.3, -0.25) is 9.44 Å². The van der Waals surface area contributed by atoms with E-state index in [2.05, 4.69) is 14.5 Å². The zero-order chi connectivity index (χ0) is 13.6. The van der Waals surface area contributed by atoms with Gasteiger partial charge in [-0.25, -0.2) is 0 Å². The van der Waals surface area contributed by atoms with E-state index in [1.807, 2.05) is 25.2 Å². The molecule has 0 aliphatic carbocycles. The summed E-state index contributed by atoms with van der Waals surface area (Å²) in [6.45, 7) is 1.90. The normalized spacial score (nSPS) is 9.84. The van der Waals surface area contributed by atoms with Gasteiger partial charge in [0.1, 0.15) is 5.75 Å². The summed E-state index contributed by atoms with van der Waals surface area (Å²) in [5, 5.41) is 2.43. The summed E-state index contributed by atoms with van der Waals surface area (Å²) >= 11 is 1.09. The zero-order valence-corrected chi connectivity index (χ0v) is 11.7. The van der Waals surface area contributed by atoms with Crippen LogP contribution in [-0.2, 0) is 19.6 Å². The van der Waals surface area contributed by atoms with E-state index in [9.17, 15) is 8.42 Å². The van der Waals surface area contributed by atoms with Crippen molar-refractivity contribution in [2.75, 3.05) is 7.11 Å². The van der Waals surface area contributed by atoms with Crippen molar-refractivity contribution in [3.05, 3.63) is 23.8 Å². The molecule has 0 aromatic heterocycles. The van der Waals surface area contributed by atoms with E-state index >= 15 is 0 Å². The number of rotatable bonds is 4. The largest absolute Gasteiger partial charge is 0.496 e. The van der Waals surface area contributed by atoms with Crippen LogP contribution in [0.4, 0.5) is 0 Å². The van der Waals surface area contributed by atoms with Crippen molar-refractivity contribution >= 4 is 22.2 Å². The van der Waals surface area contributed by atoms with Crippen molar-refractivity contribution < 1.29 is 32.4 Å². The van der Waals surface area contributed by atoms with E-state index in [0.717, 1.165) is 28.0 Å². The van der Waals surface area contributed by atoms with Crippen LogP contribution in [0.2, 0.25) is 0 Å². The highest BCUT2D eigenvalue weighted by atomic mass is 32.3. The monoisotopic (exact) mass is 308 g/mol. The molecule has 0 aliphatic rings. The van der Waals surface area contributed by atoms with Gasteiger partial charge < -0.3 is 10.2 Å². The number of ether oxygens (including phenoxy) is 1. The van der Waals surface area contributed by atoms with Crippen molar-refractivity contribution in [3.8, 4) is 17.1 Å². The maximum absolute atomic E-state index is 10.1. The maximum Gasteiger partial charge on any atom is 0.433 e. The van der Waals surface area contributed by atoms with Crippen LogP contribution in [0.1, 0.15) is 5.56 Å². The number of aryl methyl sites for hydroxylation is 1. The lowest BCUT2D eigenvalue weighted by atomic mass is 10.2. The molecular formula is C10H12O7S2. The molecule has 19 heavy (non-hydrogen) atoms. The fraction of sp³-hybridized carbons (Fsp3) is 0.200. The minimum Gasteiger partial charge on any atom is -0.496 e. The lowest BCUT2D eigenvalue weighted by Gasteiger charge is -2.04. The van der Waals surface area contributed by atoms with Gasteiger partial charge in [-0.05, 0) is 40.7 Å². The fourth-order valence-electron chi connectivity index (χ4n) is 1.02. The van der Waals surface area contributed by atoms with Crippen molar-refractivity contribution in [1.29, 1.82) is 0 Å². The Morgan fingerprint density at radius 1 is 1.37 bits per heavy atom. The van der Waals surface area contributed by atoms with Crippen LogP contribution < -0.4 is 4.74 Å². The van der Waals surface area contributed by atoms with Crippen molar-refractivity contribution in [3.63, 3.8) is 0 Å². The van der Waals surface area contributed by atoms with Crippen molar-refractivity contribution in [2.24, 2.45) is 0 Å². The number of benzene rings is 1. The second-order valence-electron chi connectivity index (χ2n) is 3.02. The van der Waals surface area contributed by atoms with Gasteiger partial charge in [-0.15, -0.1) is 0 Å². The average Bonchev–Trinajstić information content (AvgIpc) is 2.29. The third-order valence-corrected chi connectivity index (χ3v) is 2.67. The summed E-state index contributed by atoms with van der Waals surface area (Å²) in [6.07, 6.45) is 1.95. The fourth-order valence-corrected chi connectivity index (χ4v) is 1.64. The summed E-state index contributed by atoms with van der Waals surface area (Å²) in [5.74, 6) is 0.719. The molecule has 0 saturated heterocycles. The number of methoxy groups -OCH3 is 1. The second-order valence-corrected chi connectivity index (χ2v) is 4.89. The zero-order valence-electron chi connectivity index (χ0n) is 10.0. The summed E-state index contributed by atoms with van der Waals surface area (Å²) in [4.78, 5) is 4.74. The Morgan fingerprint density at radius 2 is 2.05 bits per heavy atom. The third kappa shape index (κ3) is 6.90. The van der Waals surface area contributed by atoms with Crippen LogP contribution in [0.5, 0.6) is 5.75 Å². The van der Waals surface area contributed by atoms with Gasteiger partial charge in [0, 0.05) is 10.1 Å². The topological polar surface area (TPSA) is 114 Å². The van der Waals surface area contributed by atoms with E-state index in [-0.39, 0.29) is 5.48 Å². The van der Waals surface area contributed by atoms with Crippen molar-refractivity contribution in [2.45, 2.75) is 11.8 Å². The van der Waals surface area contributed by atoms with E-state index in [1.54, 1.807) is 13.2 Å². The third-order valence-electron chi connectivity index (χ3n) is 1.75. The highest BCUT2D eigenvalue weighted by Gasteiger charge is 2.03. The molecular weight excluding hydrogens is 296 g/mol. The first-order chi connectivity index (χ1) is 8.42. The first kappa shape index (κ1) is 17.6. The van der Waals surface area contributed by atoms with Gasteiger partial charge >= 0.3 is 10.4 Å². The highest BCUT2D eigenvalue weighted by molar-refractivity contribution is 8.03. The number of hydrogen-bond acceptors (Lipinski definition) is 6. The van der Waals surface area contributed by atoms with Gasteiger partial charge in [-0.2, -0.15) is 8.42 Å². The average molecular weight is 308 g/mol. The molecule has 7 nitrogen and oxygen atoms in total. The van der Waals surface area contributed by atoms with Crippen LogP contribution in [-0.4, -0.2) is 25.6 Å². The van der Waals surface area contributed by atoms with Crippen LogP contribution in [0.3, 0.4) is 0 Å². The van der Waals surface area contributed by atoms with Gasteiger partial charge in [0.15, 0.2) is 6.11 Å². The molecule has 0 fully saturated rings. The Kier molecular flexibility index (Phi) is 7.28. The van der Waals surface area contributed by atoms with Crippen LogP contribution in [0.25, 0.3) is 0 Å². The molecule has 0 radical (unpaired) electrons. The van der Waals surface area contributed by atoms with E-state index in [1.165, 1.54) is 0 Å². The molecule has 0 bridgehead atoms. The van der Waals surface area contributed by atoms with Crippen LogP contribution in [0.15, 0.2) is 23.1 Å². The summed E-state index contributed by atoms with van der Waals surface area (Å²) in [7, 11) is -3.08. The van der Waals surface area contributed by atoms with E-state index in [0.29, 0.717) is 0 Å². The molecule has 3 N–H and O–H groups in total. The molecule has 0 aliphatic heterocycles. The number of thioether (sulfide) groups is 1. The molecule has 1 rings (SSSR count). The Morgan fingerprint density at radius 3 is 2.63 bits per heavy atom. The second kappa shape index (κ2) is 7.88. The molecule has 0 amide bonds. The maximum atomic E-state index is 10.1. The summed E-state index contributed by atoms with van der Waals surface area (Å²) in [5.41, 5.74) is 0.987. The lowest BCUT2D eigenvalue weighted by molar-refractivity contribution is -0.135. The first-order valence-corrected chi connectivity index (χ1v) is 6.74. The number of hydrogen-bond donors (Lipinski definition) is 1. The molecule has 106 valence electrons. The van der Waals surface area contributed by atoms with Crippen LogP contribution >= 0.6 is 11.8 Å². The summed E-state index contributed by atoms with van der Waals surface area (Å²) < 4.78 is 37.0. The minimum atomic E-state index is -4.64. The lowest BCUT2D eigenvalue weighted by Crippen LogP contribution is -2.01. The highest BCUT2D eigenvalue weighted by Crippen LogP contribution is 2.25. The molecule has 1 aromatic carbocycles. The predicted octanol–water partition coefficient (Wildman–Crippen LogP) is 0.940. The van der Waals surface area contributed by atoms with Gasteiger partial charge in [0.25, 0.3) is 0 Å². The minimum absolute atomic E-state index is 0. The Balaban J connectivity index is 0.00000324. The molecule has 9 heteroatoms. The summed E-state index contributed by atoms with van der Waals surface area (Å²) in [6, 6.07) is 5.46.